The van der Waals surface area contributed by atoms with Crippen molar-refractivity contribution >= 4 is 5.65 Å². The minimum Gasteiger partial charge on any atom is -0.496 e. The number of hydrogen-bond donors (Lipinski definition) is 1. The predicted octanol–water partition coefficient (Wildman–Crippen LogP) is 2.16. The van der Waals surface area contributed by atoms with Gasteiger partial charge in [0.15, 0.2) is 0 Å². The molecule has 0 aliphatic carbocycles. The lowest BCUT2D eigenvalue weighted by Crippen LogP contribution is -2.45. The quantitative estimate of drug-likeness (QED) is 0.769. The fourth-order valence-electron chi connectivity index (χ4n) is 3.73. The van der Waals surface area contributed by atoms with Crippen LogP contribution in [0.4, 0.5) is 0 Å². The second-order valence-corrected chi connectivity index (χ2v) is 6.95. The summed E-state index contributed by atoms with van der Waals surface area (Å²) >= 11 is 0. The van der Waals surface area contributed by atoms with E-state index in [2.05, 4.69) is 16.3 Å². The van der Waals surface area contributed by atoms with Crippen molar-refractivity contribution in [2.24, 2.45) is 0 Å². The Morgan fingerprint density at radius 1 is 1.26 bits per heavy atom. The normalized spacial score (nSPS) is 17.9. The second kappa shape index (κ2) is 7.50. The number of nitrogens with one attached hydrogen (secondary N) is 1. The van der Waals surface area contributed by atoms with E-state index in [0.717, 1.165) is 42.2 Å². The van der Waals surface area contributed by atoms with Crippen molar-refractivity contribution < 1.29 is 4.74 Å². The number of piperazine rings is 1. The molecule has 0 radical (unpaired) electrons. The molecule has 3 heterocycles. The van der Waals surface area contributed by atoms with Gasteiger partial charge in [0.2, 0.25) is 0 Å². The fourth-order valence-corrected chi connectivity index (χ4v) is 3.73. The molecule has 140 valence electrons. The van der Waals surface area contributed by atoms with Gasteiger partial charge in [0.25, 0.3) is 5.56 Å². The van der Waals surface area contributed by atoms with Gasteiger partial charge in [-0.2, -0.15) is 0 Å². The van der Waals surface area contributed by atoms with Crippen molar-refractivity contribution in [3.05, 3.63) is 75.8 Å². The van der Waals surface area contributed by atoms with Gasteiger partial charge in [-0.1, -0.05) is 24.3 Å². The summed E-state index contributed by atoms with van der Waals surface area (Å²) < 4.78 is 7.17. The van der Waals surface area contributed by atoms with E-state index in [1.54, 1.807) is 17.6 Å². The molecule has 6 nitrogen and oxygen atoms in total. The Hall–Kier alpha value is -2.70. The van der Waals surface area contributed by atoms with Crippen molar-refractivity contribution in [1.29, 1.82) is 0 Å². The summed E-state index contributed by atoms with van der Waals surface area (Å²) in [6, 6.07) is 13.8. The molecular formula is C21H24N4O2. The SMILES string of the molecule is COc1ccccc1C1CNCCN1Cc1cc(=O)n2cc(C)ccc2n1. The van der Waals surface area contributed by atoms with Crippen LogP contribution >= 0.6 is 0 Å². The topological polar surface area (TPSA) is 58.9 Å². The molecule has 0 amide bonds. The van der Waals surface area contributed by atoms with Crippen molar-refractivity contribution in [3.8, 4) is 5.75 Å². The fraction of sp³-hybridized carbons (Fsp3) is 0.333. The average Bonchev–Trinajstić information content (AvgIpc) is 2.69. The standard InChI is InChI=1S/C21H24N4O2/c1-15-7-8-20-23-16(11-21(26)25(20)13-15)14-24-10-9-22-12-18(24)17-5-3-4-6-19(17)27-2/h3-8,11,13,18,22H,9-10,12,14H2,1-2H3. The Labute approximate surface area is 158 Å². The van der Waals surface area contributed by atoms with Gasteiger partial charge in [0.1, 0.15) is 11.4 Å². The minimum absolute atomic E-state index is 0.0392. The molecular weight excluding hydrogens is 340 g/mol. The first-order chi connectivity index (χ1) is 13.2. The highest BCUT2D eigenvalue weighted by atomic mass is 16.5. The minimum atomic E-state index is -0.0392. The van der Waals surface area contributed by atoms with Crippen LogP contribution in [-0.4, -0.2) is 41.0 Å². The first kappa shape index (κ1) is 17.7. The van der Waals surface area contributed by atoms with Gasteiger partial charge < -0.3 is 10.1 Å². The molecule has 1 fully saturated rings. The third-order valence-corrected chi connectivity index (χ3v) is 5.08. The molecule has 3 aromatic rings. The molecule has 1 aromatic carbocycles. The molecule has 1 atom stereocenters. The maximum atomic E-state index is 12.5. The number of aromatic nitrogens is 2. The van der Waals surface area contributed by atoms with Gasteiger partial charge in [-0.3, -0.25) is 14.1 Å². The van der Waals surface area contributed by atoms with Gasteiger partial charge in [-0.15, -0.1) is 0 Å². The summed E-state index contributed by atoms with van der Waals surface area (Å²) in [5, 5.41) is 3.46. The number of rotatable bonds is 4. The van der Waals surface area contributed by atoms with E-state index in [1.807, 2.05) is 43.5 Å². The number of aryl methyl sites for hydroxylation is 1. The van der Waals surface area contributed by atoms with Crippen LogP contribution in [0.1, 0.15) is 22.9 Å². The maximum Gasteiger partial charge on any atom is 0.258 e. The Balaban J connectivity index is 1.66. The van der Waals surface area contributed by atoms with Crippen LogP contribution in [0, 0.1) is 6.92 Å². The van der Waals surface area contributed by atoms with Crippen LogP contribution in [0.2, 0.25) is 0 Å². The molecule has 1 saturated heterocycles. The Bertz CT molecular complexity index is 1010. The molecule has 0 saturated carbocycles. The van der Waals surface area contributed by atoms with Gasteiger partial charge in [0.05, 0.1) is 18.8 Å². The lowest BCUT2D eigenvalue weighted by Gasteiger charge is -2.36. The van der Waals surface area contributed by atoms with E-state index < -0.39 is 0 Å². The zero-order chi connectivity index (χ0) is 18.8. The zero-order valence-electron chi connectivity index (χ0n) is 15.7. The third-order valence-electron chi connectivity index (χ3n) is 5.08. The van der Waals surface area contributed by atoms with E-state index in [1.165, 1.54) is 0 Å². The molecule has 6 heteroatoms. The van der Waals surface area contributed by atoms with Crippen LogP contribution in [0.5, 0.6) is 5.75 Å². The van der Waals surface area contributed by atoms with Crippen molar-refractivity contribution in [2.45, 2.75) is 19.5 Å². The van der Waals surface area contributed by atoms with E-state index in [9.17, 15) is 4.79 Å². The number of nitrogens with zero attached hydrogens (tertiary/aromatic N) is 3. The van der Waals surface area contributed by atoms with Crippen molar-refractivity contribution in [3.63, 3.8) is 0 Å². The Kier molecular flexibility index (Phi) is 4.92. The highest BCUT2D eigenvalue weighted by Gasteiger charge is 2.26. The molecule has 1 aliphatic heterocycles. The number of benzene rings is 1. The van der Waals surface area contributed by atoms with Crippen molar-refractivity contribution in [2.75, 3.05) is 26.7 Å². The summed E-state index contributed by atoms with van der Waals surface area (Å²) in [6.07, 6.45) is 1.83. The number of fused-ring (bicyclic) bond motifs is 1. The monoisotopic (exact) mass is 364 g/mol. The number of ether oxygens (including phenoxy) is 1. The van der Waals surface area contributed by atoms with E-state index >= 15 is 0 Å². The smallest absolute Gasteiger partial charge is 0.258 e. The molecule has 0 bridgehead atoms. The lowest BCUT2D eigenvalue weighted by atomic mass is 10.0. The molecule has 1 aliphatic rings. The van der Waals surface area contributed by atoms with Crippen LogP contribution in [0.25, 0.3) is 5.65 Å². The second-order valence-electron chi connectivity index (χ2n) is 6.95. The maximum absolute atomic E-state index is 12.5. The van der Waals surface area contributed by atoms with Gasteiger partial charge in [-0.05, 0) is 24.6 Å². The van der Waals surface area contributed by atoms with Gasteiger partial charge >= 0.3 is 0 Å². The van der Waals surface area contributed by atoms with Gasteiger partial charge in [-0.25, -0.2) is 4.98 Å². The van der Waals surface area contributed by atoms with Crippen LogP contribution in [0.3, 0.4) is 0 Å². The molecule has 27 heavy (non-hydrogen) atoms. The number of hydrogen-bond acceptors (Lipinski definition) is 5. The first-order valence-electron chi connectivity index (χ1n) is 9.22. The summed E-state index contributed by atoms with van der Waals surface area (Å²) in [5.74, 6) is 0.887. The first-order valence-corrected chi connectivity index (χ1v) is 9.22. The number of pyridine rings is 1. The molecule has 0 spiro atoms. The lowest BCUT2D eigenvalue weighted by molar-refractivity contribution is 0.149. The Morgan fingerprint density at radius 2 is 2.11 bits per heavy atom. The Morgan fingerprint density at radius 3 is 2.96 bits per heavy atom. The molecule has 1 unspecified atom stereocenters. The number of para-hydroxylation sites is 1. The molecule has 4 rings (SSSR count). The van der Waals surface area contributed by atoms with E-state index in [-0.39, 0.29) is 11.6 Å². The largest absolute Gasteiger partial charge is 0.496 e. The average molecular weight is 364 g/mol. The van der Waals surface area contributed by atoms with Crippen LogP contribution < -0.4 is 15.6 Å². The van der Waals surface area contributed by atoms with Crippen LogP contribution in [-0.2, 0) is 6.54 Å². The molecule has 1 N–H and O–H groups in total. The summed E-state index contributed by atoms with van der Waals surface area (Å²) in [6.45, 7) is 5.24. The summed E-state index contributed by atoms with van der Waals surface area (Å²) in [5.41, 5.74) is 3.64. The zero-order valence-corrected chi connectivity index (χ0v) is 15.7. The van der Waals surface area contributed by atoms with Crippen LogP contribution in [0.15, 0.2) is 53.5 Å². The number of methoxy groups -OCH3 is 1. The highest BCUT2D eigenvalue weighted by molar-refractivity contribution is 5.40. The van der Waals surface area contributed by atoms with Crippen molar-refractivity contribution in [1.82, 2.24) is 19.6 Å². The highest BCUT2D eigenvalue weighted by Crippen LogP contribution is 2.30. The third kappa shape index (κ3) is 3.59. The predicted molar refractivity (Wildman–Crippen MR) is 105 cm³/mol. The van der Waals surface area contributed by atoms with Gasteiger partial charge in [0, 0.05) is 44.0 Å². The summed E-state index contributed by atoms with van der Waals surface area (Å²) in [4.78, 5) is 19.6. The van der Waals surface area contributed by atoms with E-state index in [4.69, 9.17) is 9.72 Å². The van der Waals surface area contributed by atoms with E-state index in [0.29, 0.717) is 12.2 Å². The summed E-state index contributed by atoms with van der Waals surface area (Å²) in [7, 11) is 1.70. The molecule has 2 aromatic heterocycles.